The van der Waals surface area contributed by atoms with Crippen molar-refractivity contribution in [2.24, 2.45) is 0 Å². The third-order valence-electron chi connectivity index (χ3n) is 3.25. The molecule has 0 unspecified atom stereocenters. The number of ether oxygens (including phenoxy) is 1. The zero-order valence-electron chi connectivity index (χ0n) is 13.6. The predicted octanol–water partition coefficient (Wildman–Crippen LogP) is 2.44. The number of esters is 1. The lowest BCUT2D eigenvalue weighted by molar-refractivity contribution is -0.151. The second-order valence-corrected chi connectivity index (χ2v) is 5.04. The van der Waals surface area contributed by atoms with Crippen LogP contribution in [0, 0.1) is 0 Å². The number of hydrogen-bond acceptors (Lipinski definition) is 4. The number of hydrogen-bond donors (Lipinski definition) is 2. The van der Waals surface area contributed by atoms with E-state index in [1.807, 2.05) is 30.3 Å². The second-order valence-electron chi connectivity index (χ2n) is 5.04. The highest BCUT2D eigenvalue weighted by atomic mass is 16.5. The van der Waals surface area contributed by atoms with Crippen LogP contribution in [0.2, 0.25) is 0 Å². The summed E-state index contributed by atoms with van der Waals surface area (Å²) in [4.78, 5) is 35.7. The first-order chi connectivity index (χ1) is 12.1. The van der Waals surface area contributed by atoms with Gasteiger partial charge in [0, 0.05) is 18.7 Å². The lowest BCUT2D eigenvalue weighted by Gasteiger charge is -2.16. The minimum absolute atomic E-state index is 0.463. The normalized spacial score (nSPS) is 11.6. The van der Waals surface area contributed by atoms with E-state index < -0.39 is 24.0 Å². The number of urea groups is 1. The molecule has 0 spiro atoms. The SMILES string of the molecule is CNC(=O)NC(=O)[C@H](OC(=O)/C=C/c1ccccc1)c1ccccc1. The van der Waals surface area contributed by atoms with E-state index in [4.69, 9.17) is 4.74 Å². The van der Waals surface area contributed by atoms with E-state index >= 15 is 0 Å². The highest BCUT2D eigenvalue weighted by molar-refractivity contribution is 5.98. The smallest absolute Gasteiger partial charge is 0.331 e. The van der Waals surface area contributed by atoms with Crippen LogP contribution < -0.4 is 10.6 Å². The Morgan fingerprint density at radius 2 is 1.56 bits per heavy atom. The van der Waals surface area contributed by atoms with Crippen LogP contribution in [-0.4, -0.2) is 25.0 Å². The molecule has 0 saturated heterocycles. The van der Waals surface area contributed by atoms with Crippen molar-refractivity contribution in [3.63, 3.8) is 0 Å². The molecule has 0 bridgehead atoms. The van der Waals surface area contributed by atoms with Gasteiger partial charge in [0.15, 0.2) is 0 Å². The predicted molar refractivity (Wildman–Crippen MR) is 93.3 cm³/mol. The molecule has 3 amide bonds. The number of carbonyl (C=O) groups excluding carboxylic acids is 3. The standard InChI is InChI=1S/C19H18N2O4/c1-20-19(24)21-18(23)17(15-10-6-3-7-11-15)25-16(22)13-12-14-8-4-2-5-9-14/h2-13,17H,1H3,(H2,20,21,23,24)/b13-12+/t17-/m1/s1. The van der Waals surface area contributed by atoms with Crippen LogP contribution in [0.1, 0.15) is 17.2 Å². The number of rotatable bonds is 5. The summed E-state index contributed by atoms with van der Waals surface area (Å²) in [6.45, 7) is 0. The molecule has 0 aromatic heterocycles. The first kappa shape index (κ1) is 17.9. The zero-order chi connectivity index (χ0) is 18.1. The summed E-state index contributed by atoms with van der Waals surface area (Å²) in [6, 6.07) is 17.0. The van der Waals surface area contributed by atoms with Gasteiger partial charge in [0.05, 0.1) is 0 Å². The molecule has 2 aromatic rings. The van der Waals surface area contributed by atoms with Crippen LogP contribution in [0.5, 0.6) is 0 Å². The summed E-state index contributed by atoms with van der Waals surface area (Å²) in [5, 5.41) is 4.39. The van der Waals surface area contributed by atoms with Crippen molar-refractivity contribution in [3.8, 4) is 0 Å². The lowest BCUT2D eigenvalue weighted by atomic mass is 10.1. The average Bonchev–Trinajstić information content (AvgIpc) is 2.65. The topological polar surface area (TPSA) is 84.5 Å². The van der Waals surface area contributed by atoms with Crippen LogP contribution >= 0.6 is 0 Å². The molecule has 0 fully saturated rings. The molecule has 0 radical (unpaired) electrons. The molecule has 25 heavy (non-hydrogen) atoms. The molecule has 0 aliphatic rings. The summed E-state index contributed by atoms with van der Waals surface area (Å²) >= 11 is 0. The molecular formula is C19H18N2O4. The van der Waals surface area contributed by atoms with Gasteiger partial charge in [-0.25, -0.2) is 9.59 Å². The van der Waals surface area contributed by atoms with Gasteiger partial charge >= 0.3 is 12.0 Å². The zero-order valence-corrected chi connectivity index (χ0v) is 13.6. The van der Waals surface area contributed by atoms with Gasteiger partial charge in [0.25, 0.3) is 5.91 Å². The number of amides is 3. The van der Waals surface area contributed by atoms with E-state index in [1.165, 1.54) is 13.1 Å². The number of carbonyl (C=O) groups is 3. The maximum Gasteiger partial charge on any atom is 0.331 e. The highest BCUT2D eigenvalue weighted by Gasteiger charge is 2.25. The van der Waals surface area contributed by atoms with Crippen LogP contribution in [0.3, 0.4) is 0 Å². The van der Waals surface area contributed by atoms with Gasteiger partial charge < -0.3 is 10.1 Å². The van der Waals surface area contributed by atoms with Gasteiger partial charge in [-0.1, -0.05) is 60.7 Å². The van der Waals surface area contributed by atoms with Gasteiger partial charge in [-0.3, -0.25) is 10.1 Å². The van der Waals surface area contributed by atoms with E-state index in [0.29, 0.717) is 5.56 Å². The molecule has 128 valence electrons. The molecule has 6 heteroatoms. The molecule has 2 aromatic carbocycles. The third kappa shape index (κ3) is 5.62. The number of benzene rings is 2. The Balaban J connectivity index is 2.12. The maximum absolute atomic E-state index is 12.2. The highest BCUT2D eigenvalue weighted by Crippen LogP contribution is 2.18. The minimum Gasteiger partial charge on any atom is -0.444 e. The first-order valence-electron chi connectivity index (χ1n) is 7.61. The van der Waals surface area contributed by atoms with E-state index in [0.717, 1.165) is 5.56 Å². The molecule has 0 heterocycles. The Bertz CT molecular complexity index is 758. The fourth-order valence-electron chi connectivity index (χ4n) is 2.02. The monoisotopic (exact) mass is 338 g/mol. The summed E-state index contributed by atoms with van der Waals surface area (Å²) in [5.41, 5.74) is 1.29. The third-order valence-corrected chi connectivity index (χ3v) is 3.25. The van der Waals surface area contributed by atoms with Crippen LogP contribution in [-0.2, 0) is 14.3 Å². The fraction of sp³-hybridized carbons (Fsp3) is 0.105. The van der Waals surface area contributed by atoms with Crippen molar-refractivity contribution < 1.29 is 19.1 Å². The summed E-state index contributed by atoms with van der Waals surface area (Å²) in [6.07, 6.45) is 1.59. The van der Waals surface area contributed by atoms with E-state index in [1.54, 1.807) is 36.4 Å². The number of imide groups is 1. The van der Waals surface area contributed by atoms with Gasteiger partial charge in [0.2, 0.25) is 6.10 Å². The first-order valence-corrected chi connectivity index (χ1v) is 7.61. The van der Waals surface area contributed by atoms with E-state index in [2.05, 4.69) is 10.6 Å². The van der Waals surface area contributed by atoms with Crippen LogP contribution in [0.4, 0.5) is 4.79 Å². The summed E-state index contributed by atoms with van der Waals surface area (Å²) < 4.78 is 5.25. The van der Waals surface area contributed by atoms with E-state index in [9.17, 15) is 14.4 Å². The summed E-state index contributed by atoms with van der Waals surface area (Å²) in [5.74, 6) is -1.42. The van der Waals surface area contributed by atoms with E-state index in [-0.39, 0.29) is 0 Å². The van der Waals surface area contributed by atoms with Gasteiger partial charge in [-0.15, -0.1) is 0 Å². The molecule has 0 aliphatic heterocycles. The van der Waals surface area contributed by atoms with Crippen molar-refractivity contribution in [1.29, 1.82) is 0 Å². The van der Waals surface area contributed by atoms with Gasteiger partial charge in [-0.2, -0.15) is 0 Å². The molecule has 1 atom stereocenters. The fourth-order valence-corrected chi connectivity index (χ4v) is 2.02. The van der Waals surface area contributed by atoms with Crippen molar-refractivity contribution >= 4 is 24.0 Å². The Morgan fingerprint density at radius 1 is 0.960 bits per heavy atom. The Hall–Kier alpha value is -3.41. The van der Waals surface area contributed by atoms with Crippen molar-refractivity contribution in [1.82, 2.24) is 10.6 Å². The van der Waals surface area contributed by atoms with Crippen LogP contribution in [0.15, 0.2) is 66.7 Å². The van der Waals surface area contributed by atoms with Crippen LogP contribution in [0.25, 0.3) is 6.08 Å². The molecular weight excluding hydrogens is 320 g/mol. The lowest BCUT2D eigenvalue weighted by Crippen LogP contribution is -2.41. The van der Waals surface area contributed by atoms with Gasteiger partial charge in [-0.05, 0) is 11.6 Å². The molecule has 2 rings (SSSR count). The van der Waals surface area contributed by atoms with Crippen molar-refractivity contribution in [2.75, 3.05) is 7.05 Å². The minimum atomic E-state index is -1.23. The second kappa shape index (κ2) is 9.02. The quantitative estimate of drug-likeness (QED) is 0.648. The Kier molecular flexibility index (Phi) is 6.47. The maximum atomic E-state index is 12.2. The molecule has 2 N–H and O–H groups in total. The Morgan fingerprint density at radius 3 is 2.16 bits per heavy atom. The Labute approximate surface area is 145 Å². The largest absolute Gasteiger partial charge is 0.444 e. The van der Waals surface area contributed by atoms with Gasteiger partial charge in [0.1, 0.15) is 0 Å². The van der Waals surface area contributed by atoms with Crippen molar-refractivity contribution in [2.45, 2.75) is 6.10 Å². The number of nitrogens with one attached hydrogen (secondary N) is 2. The molecule has 0 aliphatic carbocycles. The summed E-state index contributed by atoms with van der Waals surface area (Å²) in [7, 11) is 1.38. The molecule has 0 saturated carbocycles. The van der Waals surface area contributed by atoms with Crippen molar-refractivity contribution in [3.05, 3.63) is 77.9 Å². The molecule has 6 nitrogen and oxygen atoms in total. The average molecular weight is 338 g/mol.